The van der Waals surface area contributed by atoms with E-state index in [4.69, 9.17) is 4.84 Å². The van der Waals surface area contributed by atoms with Crippen LogP contribution in [0, 0.1) is 5.41 Å². The Balaban J connectivity index is 1.56. The molecule has 0 atom stereocenters. The molecular weight excluding hydrogens is 472 g/mol. The SMILES string of the molecule is CC1(C)CCC2(CC1)CC(c1nc3c(C(F)(F)F)cc(-c4ccccc4C(F)(F)F)cc3[nH]1)=NO2. The summed E-state index contributed by atoms with van der Waals surface area (Å²) in [4.78, 5) is 12.8. The summed E-state index contributed by atoms with van der Waals surface area (Å²) in [5, 5.41) is 4.14. The molecule has 1 fully saturated rings. The van der Waals surface area contributed by atoms with Crippen molar-refractivity contribution in [2.45, 2.75) is 63.9 Å². The highest BCUT2D eigenvalue weighted by atomic mass is 19.4. The highest BCUT2D eigenvalue weighted by Gasteiger charge is 2.45. The largest absolute Gasteiger partial charge is 0.418 e. The molecule has 2 aromatic carbocycles. The number of oxime groups is 1. The normalized spacial score (nSPS) is 19.7. The molecule has 0 radical (unpaired) electrons. The van der Waals surface area contributed by atoms with Crippen LogP contribution < -0.4 is 0 Å². The Morgan fingerprint density at radius 3 is 2.20 bits per heavy atom. The highest BCUT2D eigenvalue weighted by Crippen LogP contribution is 2.47. The van der Waals surface area contributed by atoms with E-state index < -0.39 is 29.1 Å². The van der Waals surface area contributed by atoms with Crippen molar-refractivity contribution in [3.63, 3.8) is 0 Å². The number of imidazole rings is 1. The fourth-order valence-electron chi connectivity index (χ4n) is 4.91. The number of alkyl halides is 6. The Hall–Kier alpha value is -3.04. The Labute approximate surface area is 197 Å². The van der Waals surface area contributed by atoms with Crippen LogP contribution in [-0.2, 0) is 17.2 Å². The van der Waals surface area contributed by atoms with E-state index in [9.17, 15) is 26.3 Å². The van der Waals surface area contributed by atoms with Gasteiger partial charge in [-0.3, -0.25) is 0 Å². The summed E-state index contributed by atoms with van der Waals surface area (Å²) in [6.07, 6.45) is -5.70. The summed E-state index contributed by atoms with van der Waals surface area (Å²) in [7, 11) is 0. The molecule has 5 rings (SSSR count). The number of halogens is 6. The molecule has 0 bridgehead atoms. The molecule has 1 N–H and O–H groups in total. The Kier molecular flexibility index (Phi) is 5.23. The lowest BCUT2D eigenvalue weighted by molar-refractivity contribution is -0.137. The molecule has 1 aliphatic carbocycles. The number of hydrogen-bond donors (Lipinski definition) is 1. The Bertz CT molecular complexity index is 1310. The zero-order valence-corrected chi connectivity index (χ0v) is 19.1. The molecule has 1 saturated carbocycles. The van der Waals surface area contributed by atoms with Gasteiger partial charge in [-0.2, -0.15) is 26.3 Å². The number of fused-ring (bicyclic) bond motifs is 1. The molecule has 4 nitrogen and oxygen atoms in total. The summed E-state index contributed by atoms with van der Waals surface area (Å²) < 4.78 is 82.5. The summed E-state index contributed by atoms with van der Waals surface area (Å²) in [5.74, 6) is 0.133. The van der Waals surface area contributed by atoms with E-state index in [2.05, 4.69) is 29.0 Å². The quantitative estimate of drug-likeness (QED) is 0.370. The minimum Gasteiger partial charge on any atom is -0.388 e. The molecule has 1 aliphatic heterocycles. The van der Waals surface area contributed by atoms with Gasteiger partial charge >= 0.3 is 12.4 Å². The Morgan fingerprint density at radius 2 is 1.54 bits per heavy atom. The first-order chi connectivity index (χ1) is 16.3. The van der Waals surface area contributed by atoms with Crippen molar-refractivity contribution in [1.29, 1.82) is 0 Å². The maximum absolute atomic E-state index is 14.0. The van der Waals surface area contributed by atoms with Crippen LogP contribution in [0.5, 0.6) is 0 Å². The molecule has 2 heterocycles. The molecule has 1 spiro atoms. The van der Waals surface area contributed by atoms with Crippen molar-refractivity contribution in [1.82, 2.24) is 9.97 Å². The lowest BCUT2D eigenvalue weighted by Crippen LogP contribution is -2.37. The topological polar surface area (TPSA) is 50.3 Å². The molecule has 2 aliphatic rings. The van der Waals surface area contributed by atoms with Crippen LogP contribution in [0.1, 0.15) is 62.9 Å². The predicted molar refractivity (Wildman–Crippen MR) is 119 cm³/mol. The van der Waals surface area contributed by atoms with Crippen molar-refractivity contribution in [3.8, 4) is 11.1 Å². The average Bonchev–Trinajstić information content (AvgIpc) is 3.39. The first-order valence-corrected chi connectivity index (χ1v) is 11.3. The predicted octanol–water partition coefficient (Wildman–Crippen LogP) is 7.73. The second kappa shape index (κ2) is 7.73. The van der Waals surface area contributed by atoms with Gasteiger partial charge in [-0.25, -0.2) is 4.98 Å². The lowest BCUT2D eigenvalue weighted by atomic mass is 9.69. The first-order valence-electron chi connectivity index (χ1n) is 11.3. The number of benzene rings is 2. The number of aromatic amines is 1. The molecular formula is C25H23F6N3O. The van der Waals surface area contributed by atoms with E-state index >= 15 is 0 Å². The number of rotatable bonds is 2. The van der Waals surface area contributed by atoms with Crippen molar-refractivity contribution in [2.24, 2.45) is 10.6 Å². The van der Waals surface area contributed by atoms with Crippen LogP contribution in [0.3, 0.4) is 0 Å². The van der Waals surface area contributed by atoms with Gasteiger partial charge in [0, 0.05) is 6.42 Å². The fourth-order valence-corrected chi connectivity index (χ4v) is 4.91. The highest BCUT2D eigenvalue weighted by molar-refractivity contribution is 6.01. The Morgan fingerprint density at radius 1 is 0.886 bits per heavy atom. The third-order valence-electron chi connectivity index (χ3n) is 7.06. The van der Waals surface area contributed by atoms with E-state index in [1.807, 2.05) is 0 Å². The molecule has 186 valence electrons. The minimum atomic E-state index is -4.82. The fraction of sp³-hybridized carbons (Fsp3) is 0.440. The van der Waals surface area contributed by atoms with E-state index in [0.717, 1.165) is 43.9 Å². The summed E-state index contributed by atoms with van der Waals surface area (Å²) in [6, 6.07) is 6.54. The van der Waals surface area contributed by atoms with Gasteiger partial charge in [0.15, 0.2) is 5.82 Å². The van der Waals surface area contributed by atoms with Crippen LogP contribution in [0.4, 0.5) is 26.3 Å². The van der Waals surface area contributed by atoms with Gasteiger partial charge in [0.1, 0.15) is 16.8 Å². The van der Waals surface area contributed by atoms with Crippen molar-refractivity contribution < 1.29 is 31.2 Å². The van der Waals surface area contributed by atoms with Crippen LogP contribution in [0.15, 0.2) is 41.6 Å². The second-order valence-corrected chi connectivity index (χ2v) is 10.2. The third-order valence-corrected chi connectivity index (χ3v) is 7.06. The number of H-pyrrole nitrogens is 1. The number of nitrogens with zero attached hydrogens (tertiary/aromatic N) is 2. The zero-order chi connectivity index (χ0) is 25.2. The number of hydrogen-bond acceptors (Lipinski definition) is 3. The van der Waals surface area contributed by atoms with E-state index in [1.54, 1.807) is 0 Å². The standard InChI is InChI=1S/C25H23F6N3O/c1-22(2)7-9-23(10-8-22)13-19(34-35-23)21-32-18-12-14(11-17(20(18)33-21)25(29,30)31)15-5-3-4-6-16(15)24(26,27)28/h3-6,11-12H,7-10,13H2,1-2H3,(H,32,33). The number of aromatic nitrogens is 2. The molecule has 0 amide bonds. The lowest BCUT2D eigenvalue weighted by Gasteiger charge is -2.39. The van der Waals surface area contributed by atoms with Crippen LogP contribution in [-0.4, -0.2) is 21.3 Å². The molecule has 10 heteroatoms. The molecule has 0 saturated heterocycles. The second-order valence-electron chi connectivity index (χ2n) is 10.2. The summed E-state index contributed by atoms with van der Waals surface area (Å²) >= 11 is 0. The average molecular weight is 495 g/mol. The van der Waals surface area contributed by atoms with E-state index in [1.165, 1.54) is 18.2 Å². The van der Waals surface area contributed by atoms with Crippen LogP contribution >= 0.6 is 0 Å². The van der Waals surface area contributed by atoms with Gasteiger partial charge in [-0.1, -0.05) is 37.2 Å². The molecule has 0 unspecified atom stereocenters. The van der Waals surface area contributed by atoms with E-state index in [0.29, 0.717) is 12.1 Å². The smallest absolute Gasteiger partial charge is 0.388 e. The maximum Gasteiger partial charge on any atom is 0.418 e. The molecule has 35 heavy (non-hydrogen) atoms. The van der Waals surface area contributed by atoms with Crippen molar-refractivity contribution >= 4 is 16.7 Å². The van der Waals surface area contributed by atoms with Gasteiger partial charge in [-0.05, 0) is 60.4 Å². The van der Waals surface area contributed by atoms with Gasteiger partial charge in [0.05, 0.1) is 16.6 Å². The van der Waals surface area contributed by atoms with E-state index in [-0.39, 0.29) is 33.4 Å². The van der Waals surface area contributed by atoms with Crippen LogP contribution in [0.2, 0.25) is 0 Å². The maximum atomic E-state index is 14.0. The van der Waals surface area contributed by atoms with Crippen LogP contribution in [0.25, 0.3) is 22.2 Å². The zero-order valence-electron chi connectivity index (χ0n) is 19.1. The molecule has 3 aromatic rings. The van der Waals surface area contributed by atoms with Gasteiger partial charge in [-0.15, -0.1) is 0 Å². The van der Waals surface area contributed by atoms with Crippen molar-refractivity contribution in [3.05, 3.63) is 53.3 Å². The third kappa shape index (κ3) is 4.38. The van der Waals surface area contributed by atoms with Gasteiger partial charge in [0.2, 0.25) is 0 Å². The minimum absolute atomic E-state index is 0.0183. The van der Waals surface area contributed by atoms with Gasteiger partial charge in [0.25, 0.3) is 0 Å². The summed E-state index contributed by atoms with van der Waals surface area (Å²) in [5.41, 5.74) is -2.94. The summed E-state index contributed by atoms with van der Waals surface area (Å²) in [6.45, 7) is 4.37. The van der Waals surface area contributed by atoms with Gasteiger partial charge < -0.3 is 9.82 Å². The molecule has 1 aromatic heterocycles. The number of nitrogens with one attached hydrogen (secondary N) is 1. The monoisotopic (exact) mass is 495 g/mol. The van der Waals surface area contributed by atoms with Crippen molar-refractivity contribution in [2.75, 3.05) is 0 Å². The first kappa shape index (κ1) is 23.7.